The van der Waals surface area contributed by atoms with Gasteiger partial charge in [0.05, 0.1) is 18.6 Å². The Morgan fingerprint density at radius 3 is 2.33 bits per heavy atom. The fourth-order valence-corrected chi connectivity index (χ4v) is 3.30. The van der Waals surface area contributed by atoms with Gasteiger partial charge in [-0.25, -0.2) is 9.37 Å². The Kier molecular flexibility index (Phi) is 4.62. The maximum absolute atomic E-state index is 13.0. The summed E-state index contributed by atoms with van der Waals surface area (Å²) in [6.45, 7) is 4.26. The lowest BCUT2D eigenvalue weighted by atomic mass is 10.1. The normalized spacial score (nSPS) is 14.7. The van der Waals surface area contributed by atoms with Gasteiger partial charge in [-0.2, -0.15) is 0 Å². The zero-order valence-corrected chi connectivity index (χ0v) is 15.2. The summed E-state index contributed by atoms with van der Waals surface area (Å²) >= 11 is 0. The fraction of sp³-hybridized carbons (Fsp3) is 0.238. The number of hydrogen-bond acceptors (Lipinski definition) is 3. The first kappa shape index (κ1) is 17.3. The van der Waals surface area contributed by atoms with Crippen LogP contribution in [0.15, 0.2) is 61.1 Å². The first-order valence-electron chi connectivity index (χ1n) is 8.97. The molecule has 27 heavy (non-hydrogen) atoms. The number of carbonyl (C=O) groups is 1. The molecule has 138 valence electrons. The summed E-state index contributed by atoms with van der Waals surface area (Å²) in [5.41, 5.74) is 3.99. The van der Waals surface area contributed by atoms with Crippen molar-refractivity contribution in [1.82, 2.24) is 14.5 Å². The van der Waals surface area contributed by atoms with Crippen molar-refractivity contribution in [2.24, 2.45) is 0 Å². The minimum absolute atomic E-state index is 0.0832. The van der Waals surface area contributed by atoms with Gasteiger partial charge in [-0.3, -0.25) is 4.79 Å². The quantitative estimate of drug-likeness (QED) is 0.714. The van der Waals surface area contributed by atoms with Crippen LogP contribution in [0.3, 0.4) is 0 Å². The molecule has 0 spiro atoms. The average Bonchev–Trinajstić information content (AvgIpc) is 3.12. The Morgan fingerprint density at radius 2 is 1.70 bits per heavy atom. The second-order valence-electron chi connectivity index (χ2n) is 6.80. The third kappa shape index (κ3) is 3.84. The zero-order valence-electron chi connectivity index (χ0n) is 15.2. The maximum atomic E-state index is 13.0. The van der Waals surface area contributed by atoms with E-state index in [0.717, 1.165) is 29.2 Å². The molecular weight excluding hydrogens is 343 g/mol. The van der Waals surface area contributed by atoms with E-state index in [0.29, 0.717) is 19.6 Å². The zero-order chi connectivity index (χ0) is 18.8. The Labute approximate surface area is 157 Å². The molecule has 0 aliphatic carbocycles. The van der Waals surface area contributed by atoms with Gasteiger partial charge in [0.1, 0.15) is 5.82 Å². The van der Waals surface area contributed by atoms with Gasteiger partial charge in [0, 0.05) is 37.2 Å². The van der Waals surface area contributed by atoms with Crippen LogP contribution < -0.4 is 4.90 Å². The molecule has 0 N–H and O–H groups in total. The second kappa shape index (κ2) is 7.23. The maximum Gasteiger partial charge on any atom is 0.242 e. The molecule has 1 aliphatic rings. The third-order valence-electron chi connectivity index (χ3n) is 4.83. The molecule has 0 atom stereocenters. The van der Waals surface area contributed by atoms with E-state index in [2.05, 4.69) is 9.88 Å². The van der Waals surface area contributed by atoms with Crippen LogP contribution in [-0.2, 0) is 11.3 Å². The summed E-state index contributed by atoms with van der Waals surface area (Å²) in [4.78, 5) is 20.7. The summed E-state index contributed by atoms with van der Waals surface area (Å²) in [6, 6.07) is 14.5. The number of hydrogen-bond donors (Lipinski definition) is 0. The van der Waals surface area contributed by atoms with Crippen LogP contribution in [0, 0.1) is 12.7 Å². The molecule has 5 nitrogen and oxygen atoms in total. The van der Waals surface area contributed by atoms with E-state index in [1.165, 1.54) is 12.1 Å². The molecule has 6 heteroatoms. The number of anilines is 1. The van der Waals surface area contributed by atoms with Crippen molar-refractivity contribution < 1.29 is 9.18 Å². The average molecular weight is 364 g/mol. The lowest BCUT2D eigenvalue weighted by Crippen LogP contribution is -2.50. The van der Waals surface area contributed by atoms with Crippen LogP contribution >= 0.6 is 0 Å². The van der Waals surface area contributed by atoms with Crippen molar-refractivity contribution in [3.05, 3.63) is 78.1 Å². The molecule has 0 unspecified atom stereocenters. The number of piperazine rings is 1. The number of benzene rings is 2. The van der Waals surface area contributed by atoms with Crippen molar-refractivity contribution in [3.63, 3.8) is 0 Å². The van der Waals surface area contributed by atoms with Crippen LogP contribution in [0.25, 0.3) is 5.69 Å². The summed E-state index contributed by atoms with van der Waals surface area (Å²) < 4.78 is 15.0. The van der Waals surface area contributed by atoms with Gasteiger partial charge in [-0.15, -0.1) is 0 Å². The molecule has 2 aromatic carbocycles. The molecule has 1 saturated heterocycles. The molecule has 1 fully saturated rings. The molecule has 0 saturated carbocycles. The molecule has 1 amide bonds. The predicted molar refractivity (Wildman–Crippen MR) is 102 cm³/mol. The number of rotatable bonds is 4. The number of imidazole rings is 1. The van der Waals surface area contributed by atoms with Gasteiger partial charge in [0.15, 0.2) is 0 Å². The molecular formula is C21H21FN4O. The van der Waals surface area contributed by atoms with Crippen LogP contribution in [0.4, 0.5) is 10.1 Å². The smallest absolute Gasteiger partial charge is 0.242 e. The largest absolute Gasteiger partial charge is 0.360 e. The Bertz CT molecular complexity index is 934. The van der Waals surface area contributed by atoms with Crippen LogP contribution in [0.2, 0.25) is 0 Å². The number of amides is 1. The van der Waals surface area contributed by atoms with E-state index >= 15 is 0 Å². The molecule has 1 aromatic heterocycles. The lowest BCUT2D eigenvalue weighted by molar-refractivity contribution is -0.131. The van der Waals surface area contributed by atoms with Crippen molar-refractivity contribution >= 4 is 11.6 Å². The van der Waals surface area contributed by atoms with E-state index in [1.54, 1.807) is 18.5 Å². The SMILES string of the molecule is Cc1cn(-c2ccc(N3CCN(Cc4ccc(F)cc4)C(=O)C3)cc2)cn1. The van der Waals surface area contributed by atoms with E-state index in [1.807, 2.05) is 46.9 Å². The molecule has 3 aromatic rings. The van der Waals surface area contributed by atoms with E-state index in [9.17, 15) is 9.18 Å². The highest BCUT2D eigenvalue weighted by Gasteiger charge is 2.24. The fourth-order valence-electron chi connectivity index (χ4n) is 3.30. The number of aryl methyl sites for hydroxylation is 1. The number of carbonyl (C=O) groups excluding carboxylic acids is 1. The highest BCUT2D eigenvalue weighted by molar-refractivity contribution is 5.82. The van der Waals surface area contributed by atoms with Crippen LogP contribution in [-0.4, -0.2) is 40.0 Å². The standard InChI is InChI=1S/C21H21FN4O/c1-16-12-26(15-23-16)20-8-6-19(7-9-20)24-10-11-25(21(27)14-24)13-17-2-4-18(22)5-3-17/h2-9,12,15H,10-11,13-14H2,1H3. The topological polar surface area (TPSA) is 41.4 Å². The molecule has 1 aliphatic heterocycles. The minimum Gasteiger partial charge on any atom is -0.360 e. The molecule has 0 radical (unpaired) electrons. The molecule has 0 bridgehead atoms. The van der Waals surface area contributed by atoms with Gasteiger partial charge < -0.3 is 14.4 Å². The van der Waals surface area contributed by atoms with Crippen molar-refractivity contribution in [3.8, 4) is 5.69 Å². The molecule has 2 heterocycles. The van der Waals surface area contributed by atoms with Crippen LogP contribution in [0.5, 0.6) is 0 Å². The van der Waals surface area contributed by atoms with Gasteiger partial charge in [0.25, 0.3) is 0 Å². The molecule has 4 rings (SSSR count). The van der Waals surface area contributed by atoms with E-state index in [4.69, 9.17) is 0 Å². The van der Waals surface area contributed by atoms with Crippen molar-refractivity contribution in [1.29, 1.82) is 0 Å². The third-order valence-corrected chi connectivity index (χ3v) is 4.83. The summed E-state index contributed by atoms with van der Waals surface area (Å²) in [5.74, 6) is -0.177. The highest BCUT2D eigenvalue weighted by Crippen LogP contribution is 2.20. The Morgan fingerprint density at radius 1 is 1.00 bits per heavy atom. The van der Waals surface area contributed by atoms with Crippen molar-refractivity contribution in [2.75, 3.05) is 24.5 Å². The van der Waals surface area contributed by atoms with Gasteiger partial charge in [0.2, 0.25) is 5.91 Å². The first-order valence-corrected chi connectivity index (χ1v) is 8.97. The monoisotopic (exact) mass is 364 g/mol. The van der Waals surface area contributed by atoms with Gasteiger partial charge in [-0.1, -0.05) is 12.1 Å². The first-order chi connectivity index (χ1) is 13.1. The van der Waals surface area contributed by atoms with Gasteiger partial charge in [-0.05, 0) is 48.9 Å². The lowest BCUT2D eigenvalue weighted by Gasteiger charge is -2.35. The van der Waals surface area contributed by atoms with E-state index < -0.39 is 0 Å². The Hall–Kier alpha value is -3.15. The Balaban J connectivity index is 1.40. The van der Waals surface area contributed by atoms with Crippen LogP contribution in [0.1, 0.15) is 11.3 Å². The summed E-state index contributed by atoms with van der Waals surface area (Å²) in [7, 11) is 0. The van der Waals surface area contributed by atoms with E-state index in [-0.39, 0.29) is 11.7 Å². The summed E-state index contributed by atoms with van der Waals surface area (Å²) in [5, 5.41) is 0. The van der Waals surface area contributed by atoms with Gasteiger partial charge >= 0.3 is 0 Å². The number of halogens is 1. The predicted octanol–water partition coefficient (Wildman–Crippen LogP) is 3.17. The second-order valence-corrected chi connectivity index (χ2v) is 6.80. The number of nitrogens with zero attached hydrogens (tertiary/aromatic N) is 4. The minimum atomic E-state index is -0.260. The highest BCUT2D eigenvalue weighted by atomic mass is 19.1. The number of aromatic nitrogens is 2. The van der Waals surface area contributed by atoms with Crippen molar-refractivity contribution in [2.45, 2.75) is 13.5 Å². The summed E-state index contributed by atoms with van der Waals surface area (Å²) in [6.07, 6.45) is 3.77.